The minimum atomic E-state index is -0.253. The summed E-state index contributed by atoms with van der Waals surface area (Å²) in [6, 6.07) is 4.66. The van der Waals surface area contributed by atoms with E-state index < -0.39 is 0 Å². The maximum atomic E-state index is 13.4. The number of nitrogens with two attached hydrogens (primary N) is 1. The molecule has 1 aromatic rings. The molecule has 2 N–H and O–H groups in total. The average molecular weight is 278 g/mol. The summed E-state index contributed by atoms with van der Waals surface area (Å²) in [6.45, 7) is 5.42. The van der Waals surface area contributed by atoms with Gasteiger partial charge in [0.1, 0.15) is 17.2 Å². The van der Waals surface area contributed by atoms with Crippen molar-refractivity contribution in [2.45, 2.75) is 44.2 Å². The Kier molecular flexibility index (Phi) is 3.69. The number of nitrogens with zero attached hydrogens (tertiary/aromatic N) is 1. The van der Waals surface area contributed by atoms with Gasteiger partial charge in [0.25, 0.3) is 0 Å². The fraction of sp³-hybridized carbons (Fsp3) is 0.625. The number of ether oxygens (including phenoxy) is 1. The van der Waals surface area contributed by atoms with Crippen LogP contribution in [0.25, 0.3) is 0 Å². The van der Waals surface area contributed by atoms with Crippen molar-refractivity contribution in [1.29, 1.82) is 0 Å². The molecule has 2 unspecified atom stereocenters. The van der Waals surface area contributed by atoms with Gasteiger partial charge >= 0.3 is 0 Å². The molecule has 110 valence electrons. The SMILES string of the molecule is CCN1CCCC2(CC1)CC(N)c1ccc(F)cc1O2. The Bertz CT molecular complexity index is 493. The summed E-state index contributed by atoms with van der Waals surface area (Å²) in [6.07, 6.45) is 3.94. The first-order chi connectivity index (χ1) is 9.62. The van der Waals surface area contributed by atoms with Crippen molar-refractivity contribution >= 4 is 0 Å². The van der Waals surface area contributed by atoms with Crippen LogP contribution in [0.4, 0.5) is 4.39 Å². The molecule has 3 nitrogen and oxygen atoms in total. The highest BCUT2D eigenvalue weighted by atomic mass is 19.1. The molecule has 1 fully saturated rings. The maximum Gasteiger partial charge on any atom is 0.127 e. The third-order valence-electron chi connectivity index (χ3n) is 4.73. The van der Waals surface area contributed by atoms with Gasteiger partial charge in [-0.15, -0.1) is 0 Å². The van der Waals surface area contributed by atoms with E-state index in [1.54, 1.807) is 6.07 Å². The van der Waals surface area contributed by atoms with Gasteiger partial charge in [0, 0.05) is 30.6 Å². The van der Waals surface area contributed by atoms with Crippen molar-refractivity contribution in [3.63, 3.8) is 0 Å². The van der Waals surface area contributed by atoms with Gasteiger partial charge in [-0.2, -0.15) is 0 Å². The van der Waals surface area contributed by atoms with E-state index in [0.29, 0.717) is 5.75 Å². The summed E-state index contributed by atoms with van der Waals surface area (Å²) in [7, 11) is 0. The Hall–Kier alpha value is -1.13. The second kappa shape index (κ2) is 5.34. The molecule has 0 aliphatic carbocycles. The van der Waals surface area contributed by atoms with E-state index in [2.05, 4.69) is 11.8 Å². The highest BCUT2D eigenvalue weighted by Gasteiger charge is 2.40. The molecule has 0 radical (unpaired) electrons. The zero-order chi connectivity index (χ0) is 14.2. The quantitative estimate of drug-likeness (QED) is 0.858. The highest BCUT2D eigenvalue weighted by Crippen LogP contribution is 2.43. The monoisotopic (exact) mass is 278 g/mol. The van der Waals surface area contributed by atoms with Gasteiger partial charge in [0.2, 0.25) is 0 Å². The zero-order valence-corrected chi connectivity index (χ0v) is 12.1. The van der Waals surface area contributed by atoms with Gasteiger partial charge < -0.3 is 15.4 Å². The van der Waals surface area contributed by atoms with E-state index in [4.69, 9.17) is 10.5 Å². The first-order valence-corrected chi connectivity index (χ1v) is 7.58. The summed E-state index contributed by atoms with van der Waals surface area (Å²) >= 11 is 0. The first-order valence-electron chi connectivity index (χ1n) is 7.58. The Balaban J connectivity index is 1.86. The lowest BCUT2D eigenvalue weighted by atomic mass is 9.82. The number of benzene rings is 1. The molecule has 1 saturated heterocycles. The zero-order valence-electron chi connectivity index (χ0n) is 12.1. The van der Waals surface area contributed by atoms with Crippen LogP contribution in [0.5, 0.6) is 5.75 Å². The predicted octanol–water partition coefficient (Wildman–Crippen LogP) is 2.85. The van der Waals surface area contributed by atoms with Crippen molar-refractivity contribution < 1.29 is 9.13 Å². The van der Waals surface area contributed by atoms with Gasteiger partial charge in [-0.25, -0.2) is 4.39 Å². The molecule has 2 aliphatic heterocycles. The van der Waals surface area contributed by atoms with Crippen molar-refractivity contribution in [1.82, 2.24) is 4.90 Å². The lowest BCUT2D eigenvalue weighted by Crippen LogP contribution is -2.43. The van der Waals surface area contributed by atoms with E-state index in [1.807, 2.05) is 0 Å². The van der Waals surface area contributed by atoms with Gasteiger partial charge in [0.15, 0.2) is 0 Å². The van der Waals surface area contributed by atoms with Crippen LogP contribution >= 0.6 is 0 Å². The Morgan fingerprint density at radius 3 is 3.05 bits per heavy atom. The summed E-state index contributed by atoms with van der Waals surface area (Å²) in [5, 5.41) is 0. The lowest BCUT2D eigenvalue weighted by Gasteiger charge is -2.41. The summed E-state index contributed by atoms with van der Waals surface area (Å²) in [4.78, 5) is 2.45. The van der Waals surface area contributed by atoms with E-state index >= 15 is 0 Å². The van der Waals surface area contributed by atoms with Gasteiger partial charge in [-0.3, -0.25) is 0 Å². The van der Waals surface area contributed by atoms with E-state index in [1.165, 1.54) is 12.1 Å². The average Bonchev–Trinajstić information content (AvgIpc) is 2.60. The van der Waals surface area contributed by atoms with E-state index in [9.17, 15) is 4.39 Å². The second-order valence-electron chi connectivity index (χ2n) is 6.07. The third kappa shape index (κ3) is 2.54. The minimum absolute atomic E-state index is 0.0486. The van der Waals surface area contributed by atoms with Crippen molar-refractivity contribution in [2.75, 3.05) is 19.6 Å². The molecule has 0 saturated carbocycles. The molecule has 2 heterocycles. The Labute approximate surface area is 119 Å². The highest BCUT2D eigenvalue weighted by molar-refractivity contribution is 5.39. The number of hydrogen-bond donors (Lipinski definition) is 1. The molecule has 0 bridgehead atoms. The largest absolute Gasteiger partial charge is 0.487 e. The lowest BCUT2D eigenvalue weighted by molar-refractivity contribution is 0.0216. The van der Waals surface area contributed by atoms with Crippen LogP contribution in [-0.2, 0) is 0 Å². The van der Waals surface area contributed by atoms with E-state index in [0.717, 1.165) is 50.9 Å². The third-order valence-corrected chi connectivity index (χ3v) is 4.73. The molecule has 1 aromatic carbocycles. The van der Waals surface area contributed by atoms with Gasteiger partial charge in [-0.1, -0.05) is 13.0 Å². The molecule has 20 heavy (non-hydrogen) atoms. The Morgan fingerprint density at radius 1 is 1.40 bits per heavy atom. The van der Waals surface area contributed by atoms with Crippen LogP contribution in [-0.4, -0.2) is 30.1 Å². The maximum absolute atomic E-state index is 13.4. The van der Waals surface area contributed by atoms with Crippen LogP contribution in [0.1, 0.15) is 44.2 Å². The van der Waals surface area contributed by atoms with Crippen LogP contribution < -0.4 is 10.5 Å². The van der Waals surface area contributed by atoms with Crippen molar-refractivity contribution in [3.05, 3.63) is 29.6 Å². The molecule has 3 rings (SSSR count). The van der Waals surface area contributed by atoms with E-state index in [-0.39, 0.29) is 17.5 Å². The second-order valence-corrected chi connectivity index (χ2v) is 6.07. The Morgan fingerprint density at radius 2 is 2.25 bits per heavy atom. The number of rotatable bonds is 1. The molecular weight excluding hydrogens is 255 g/mol. The standard InChI is InChI=1S/C16H23FN2O/c1-2-19-8-3-6-16(7-9-19)11-14(18)13-5-4-12(17)10-15(13)20-16/h4-5,10,14H,2-3,6-9,11,18H2,1H3. The molecule has 0 amide bonds. The van der Waals surface area contributed by atoms with Gasteiger partial charge in [0.05, 0.1) is 0 Å². The summed E-state index contributed by atoms with van der Waals surface area (Å²) < 4.78 is 19.7. The molecule has 2 atom stereocenters. The van der Waals surface area contributed by atoms with Crippen molar-refractivity contribution in [3.8, 4) is 5.75 Å². The normalized spacial score (nSPS) is 30.6. The minimum Gasteiger partial charge on any atom is -0.487 e. The molecule has 1 spiro atoms. The smallest absolute Gasteiger partial charge is 0.127 e. The van der Waals surface area contributed by atoms with Crippen molar-refractivity contribution in [2.24, 2.45) is 5.73 Å². The fourth-order valence-electron chi connectivity index (χ4n) is 3.53. The summed E-state index contributed by atoms with van der Waals surface area (Å²) in [5.74, 6) is 0.394. The number of hydrogen-bond acceptors (Lipinski definition) is 3. The molecule has 2 aliphatic rings. The molecule has 4 heteroatoms. The predicted molar refractivity (Wildman–Crippen MR) is 77.3 cm³/mol. The van der Waals surface area contributed by atoms with Crippen LogP contribution in [0.2, 0.25) is 0 Å². The number of halogens is 1. The fourth-order valence-corrected chi connectivity index (χ4v) is 3.53. The van der Waals surface area contributed by atoms with Crippen LogP contribution in [0.15, 0.2) is 18.2 Å². The van der Waals surface area contributed by atoms with Gasteiger partial charge in [-0.05, 0) is 38.4 Å². The first kappa shape index (κ1) is 13.8. The number of likely N-dealkylation sites (tertiary alicyclic amines) is 1. The summed E-state index contributed by atoms with van der Waals surface area (Å²) in [5.41, 5.74) is 7.04. The molecule has 0 aromatic heterocycles. The molecular formula is C16H23FN2O. The van der Waals surface area contributed by atoms with Crippen LogP contribution in [0, 0.1) is 5.82 Å². The van der Waals surface area contributed by atoms with Crippen LogP contribution in [0.3, 0.4) is 0 Å². The topological polar surface area (TPSA) is 38.5 Å². The number of fused-ring (bicyclic) bond motifs is 1.